The quantitative estimate of drug-likeness (QED) is 0.626. The molecule has 0 radical (unpaired) electrons. The summed E-state index contributed by atoms with van der Waals surface area (Å²) >= 11 is 7.24. The van der Waals surface area contributed by atoms with E-state index in [2.05, 4.69) is 10.2 Å². The van der Waals surface area contributed by atoms with E-state index in [9.17, 15) is 9.18 Å². The lowest BCUT2D eigenvalue weighted by atomic mass is 10.2. The summed E-state index contributed by atoms with van der Waals surface area (Å²) in [5, 5.41) is 7.23. The highest BCUT2D eigenvalue weighted by atomic mass is 35.5. The van der Waals surface area contributed by atoms with Crippen molar-refractivity contribution in [2.24, 2.45) is 0 Å². The zero-order chi connectivity index (χ0) is 15.2. The fourth-order valence-corrected chi connectivity index (χ4v) is 3.10. The molecule has 8 heteroatoms. The lowest BCUT2D eigenvalue weighted by Gasteiger charge is -2.07. The van der Waals surface area contributed by atoms with Crippen molar-refractivity contribution in [2.75, 3.05) is 13.7 Å². The van der Waals surface area contributed by atoms with E-state index in [0.29, 0.717) is 41.1 Å². The summed E-state index contributed by atoms with van der Waals surface area (Å²) in [6, 6.07) is 4.55. The molecule has 1 aromatic heterocycles. The van der Waals surface area contributed by atoms with Crippen LogP contribution in [0, 0.1) is 5.82 Å². The van der Waals surface area contributed by atoms with Gasteiger partial charge in [-0.15, -0.1) is 5.10 Å². The van der Waals surface area contributed by atoms with E-state index in [1.807, 2.05) is 0 Å². The van der Waals surface area contributed by atoms with Gasteiger partial charge in [0.05, 0.1) is 0 Å². The highest BCUT2D eigenvalue weighted by Gasteiger charge is 2.12. The molecule has 0 aliphatic heterocycles. The Labute approximate surface area is 130 Å². The molecular formula is C13H15ClFN3O2S. The highest BCUT2D eigenvalue weighted by molar-refractivity contribution is 7.98. The van der Waals surface area contributed by atoms with Crippen molar-refractivity contribution in [3.63, 3.8) is 0 Å². The number of benzene rings is 1. The summed E-state index contributed by atoms with van der Waals surface area (Å²) in [4.78, 5) is 11.7. The topological polar surface area (TPSA) is 59.9 Å². The Morgan fingerprint density at radius 1 is 1.52 bits per heavy atom. The molecule has 2 aromatic rings. The predicted octanol–water partition coefficient (Wildman–Crippen LogP) is 2.69. The van der Waals surface area contributed by atoms with Gasteiger partial charge in [0.25, 0.3) is 0 Å². The average Bonchev–Trinajstić information content (AvgIpc) is 2.80. The number of nitrogens with one attached hydrogen (secondary N) is 1. The van der Waals surface area contributed by atoms with Crippen LogP contribution >= 0.6 is 23.4 Å². The minimum Gasteiger partial charge on any atom is -0.385 e. The van der Waals surface area contributed by atoms with Crippen LogP contribution in [0.4, 0.5) is 4.39 Å². The summed E-state index contributed by atoms with van der Waals surface area (Å²) < 4.78 is 20.2. The Morgan fingerprint density at radius 3 is 3.05 bits per heavy atom. The number of H-pyrrole nitrogens is 1. The van der Waals surface area contributed by atoms with E-state index in [-0.39, 0.29) is 11.5 Å². The number of aromatic nitrogens is 3. The van der Waals surface area contributed by atoms with Gasteiger partial charge in [0, 0.05) is 36.6 Å². The van der Waals surface area contributed by atoms with Crippen molar-refractivity contribution in [2.45, 2.75) is 23.9 Å². The van der Waals surface area contributed by atoms with Gasteiger partial charge in [-0.1, -0.05) is 29.4 Å². The fraction of sp³-hybridized carbons (Fsp3) is 0.385. The second kappa shape index (κ2) is 7.63. The smallest absolute Gasteiger partial charge is 0.343 e. The third kappa shape index (κ3) is 4.09. The summed E-state index contributed by atoms with van der Waals surface area (Å²) in [5.74, 6) is -0.0566. The lowest BCUT2D eigenvalue weighted by molar-refractivity contribution is 0.189. The van der Waals surface area contributed by atoms with Crippen LogP contribution in [0.15, 0.2) is 28.2 Å². The zero-order valence-electron chi connectivity index (χ0n) is 11.4. The maximum absolute atomic E-state index is 13.7. The molecule has 0 aliphatic carbocycles. The molecule has 0 amide bonds. The molecule has 0 spiro atoms. The van der Waals surface area contributed by atoms with Gasteiger partial charge in [0.15, 0.2) is 5.16 Å². The van der Waals surface area contributed by atoms with Gasteiger partial charge in [-0.2, -0.15) is 0 Å². The molecule has 1 aromatic carbocycles. The summed E-state index contributed by atoms with van der Waals surface area (Å²) in [6.45, 7) is 1.05. The number of nitrogens with zero attached hydrogens (tertiary/aromatic N) is 2. The molecule has 0 atom stereocenters. The third-order valence-corrected chi connectivity index (χ3v) is 4.22. The summed E-state index contributed by atoms with van der Waals surface area (Å²) in [5.41, 5.74) is 0.122. The molecule has 5 nitrogen and oxygen atoms in total. The minimum absolute atomic E-state index is 0.284. The first kappa shape index (κ1) is 16.1. The molecule has 114 valence electrons. The number of aromatic amines is 1. The van der Waals surface area contributed by atoms with Gasteiger partial charge in [-0.25, -0.2) is 14.3 Å². The number of hydrogen-bond acceptors (Lipinski definition) is 4. The summed E-state index contributed by atoms with van der Waals surface area (Å²) in [6.07, 6.45) is 0.698. The molecule has 0 aliphatic rings. The van der Waals surface area contributed by atoms with Crippen LogP contribution in [-0.2, 0) is 17.0 Å². The predicted molar refractivity (Wildman–Crippen MR) is 80.3 cm³/mol. The second-order valence-corrected chi connectivity index (χ2v) is 5.65. The number of hydrogen-bond donors (Lipinski definition) is 1. The van der Waals surface area contributed by atoms with Gasteiger partial charge in [-0.3, -0.25) is 4.57 Å². The SMILES string of the molecule is COCCCn1c(SCc2c(F)cccc2Cl)n[nH]c1=O. The van der Waals surface area contributed by atoms with E-state index in [1.165, 1.54) is 22.4 Å². The molecule has 0 fully saturated rings. The number of rotatable bonds is 7. The molecule has 1 N–H and O–H groups in total. The number of ether oxygens (including phenoxy) is 1. The first-order chi connectivity index (χ1) is 10.1. The van der Waals surface area contributed by atoms with Crippen molar-refractivity contribution in [3.05, 3.63) is 45.1 Å². The van der Waals surface area contributed by atoms with Crippen LogP contribution in [0.3, 0.4) is 0 Å². The standard InChI is InChI=1S/C13H15ClFN3O2S/c1-20-7-3-6-18-12(19)16-17-13(18)21-8-9-10(14)4-2-5-11(9)15/h2,4-5H,3,6-8H2,1H3,(H,16,19). The van der Waals surface area contributed by atoms with Gasteiger partial charge < -0.3 is 4.74 Å². The van der Waals surface area contributed by atoms with Crippen molar-refractivity contribution < 1.29 is 9.13 Å². The van der Waals surface area contributed by atoms with E-state index in [0.717, 1.165) is 0 Å². The Kier molecular flexibility index (Phi) is 5.84. The second-order valence-electron chi connectivity index (χ2n) is 4.30. The summed E-state index contributed by atoms with van der Waals surface area (Å²) in [7, 11) is 1.61. The normalized spacial score (nSPS) is 11.0. The van der Waals surface area contributed by atoms with Crippen LogP contribution in [0.2, 0.25) is 5.02 Å². The van der Waals surface area contributed by atoms with E-state index in [1.54, 1.807) is 19.2 Å². The molecule has 21 heavy (non-hydrogen) atoms. The average molecular weight is 332 g/mol. The lowest BCUT2D eigenvalue weighted by Crippen LogP contribution is -2.18. The molecule has 2 rings (SSSR count). The number of halogens is 2. The Morgan fingerprint density at radius 2 is 2.33 bits per heavy atom. The molecule has 0 bridgehead atoms. The maximum Gasteiger partial charge on any atom is 0.343 e. The Balaban J connectivity index is 2.08. The van der Waals surface area contributed by atoms with Gasteiger partial charge in [0.1, 0.15) is 5.82 Å². The molecular weight excluding hydrogens is 317 g/mol. The van der Waals surface area contributed by atoms with Crippen LogP contribution in [0.5, 0.6) is 0 Å². The van der Waals surface area contributed by atoms with Crippen LogP contribution in [-0.4, -0.2) is 28.5 Å². The van der Waals surface area contributed by atoms with Gasteiger partial charge in [0.2, 0.25) is 0 Å². The molecule has 0 saturated carbocycles. The van der Waals surface area contributed by atoms with E-state index < -0.39 is 0 Å². The van der Waals surface area contributed by atoms with Crippen LogP contribution < -0.4 is 5.69 Å². The van der Waals surface area contributed by atoms with Gasteiger partial charge >= 0.3 is 5.69 Å². The molecule has 0 unspecified atom stereocenters. The van der Waals surface area contributed by atoms with E-state index >= 15 is 0 Å². The first-order valence-electron chi connectivity index (χ1n) is 6.33. The van der Waals surface area contributed by atoms with Crippen molar-refractivity contribution in [1.29, 1.82) is 0 Å². The van der Waals surface area contributed by atoms with Crippen LogP contribution in [0.1, 0.15) is 12.0 Å². The third-order valence-electron chi connectivity index (χ3n) is 2.86. The fourth-order valence-electron chi connectivity index (χ4n) is 1.78. The number of methoxy groups -OCH3 is 1. The highest BCUT2D eigenvalue weighted by Crippen LogP contribution is 2.27. The minimum atomic E-state index is -0.362. The van der Waals surface area contributed by atoms with E-state index in [4.69, 9.17) is 16.3 Å². The first-order valence-corrected chi connectivity index (χ1v) is 7.69. The largest absolute Gasteiger partial charge is 0.385 e. The Hall–Kier alpha value is -1.31. The number of thioether (sulfide) groups is 1. The van der Waals surface area contributed by atoms with Crippen LogP contribution in [0.25, 0.3) is 0 Å². The molecule has 0 saturated heterocycles. The maximum atomic E-state index is 13.7. The Bertz CT molecular complexity index is 639. The zero-order valence-corrected chi connectivity index (χ0v) is 13.0. The monoisotopic (exact) mass is 331 g/mol. The van der Waals surface area contributed by atoms with Crippen molar-refractivity contribution in [1.82, 2.24) is 14.8 Å². The van der Waals surface area contributed by atoms with Crippen molar-refractivity contribution >= 4 is 23.4 Å². The van der Waals surface area contributed by atoms with Gasteiger partial charge in [-0.05, 0) is 18.6 Å². The van der Waals surface area contributed by atoms with Crippen molar-refractivity contribution in [3.8, 4) is 0 Å². The molecule has 1 heterocycles.